The summed E-state index contributed by atoms with van der Waals surface area (Å²) < 4.78 is 5.26. The van der Waals surface area contributed by atoms with Gasteiger partial charge in [-0.05, 0) is 36.8 Å². The summed E-state index contributed by atoms with van der Waals surface area (Å²) in [6.07, 6.45) is 7.76. The number of nitrogens with zero attached hydrogens (tertiary/aromatic N) is 1. The minimum Gasteiger partial charge on any atom is -0.455 e. The number of hydrogen-bond donors (Lipinski definition) is 1. The van der Waals surface area contributed by atoms with Gasteiger partial charge in [0.2, 0.25) is 5.91 Å². The molecular formula is C24H34N2O4. The van der Waals surface area contributed by atoms with Gasteiger partial charge in [-0.2, -0.15) is 0 Å². The van der Waals surface area contributed by atoms with Crippen LogP contribution in [0.25, 0.3) is 0 Å². The SMILES string of the molecule is CC[C@H](C)c1ccccc1N1C[C@H](C(=O)OCC(=O)NC2CCCCCC2)CC1=O. The Labute approximate surface area is 179 Å². The Hall–Kier alpha value is -2.37. The van der Waals surface area contributed by atoms with Crippen molar-refractivity contribution in [3.05, 3.63) is 29.8 Å². The topological polar surface area (TPSA) is 75.7 Å². The largest absolute Gasteiger partial charge is 0.455 e. The highest BCUT2D eigenvalue weighted by atomic mass is 16.5. The molecule has 1 aromatic carbocycles. The van der Waals surface area contributed by atoms with Crippen LogP contribution >= 0.6 is 0 Å². The van der Waals surface area contributed by atoms with Gasteiger partial charge in [-0.25, -0.2) is 0 Å². The van der Waals surface area contributed by atoms with Gasteiger partial charge in [0.25, 0.3) is 5.91 Å². The second-order valence-electron chi connectivity index (χ2n) is 8.64. The van der Waals surface area contributed by atoms with Crippen LogP contribution in [-0.2, 0) is 19.1 Å². The van der Waals surface area contributed by atoms with Crippen molar-refractivity contribution in [1.82, 2.24) is 5.32 Å². The zero-order valence-corrected chi connectivity index (χ0v) is 18.2. The molecule has 1 aromatic rings. The molecule has 3 rings (SSSR count). The van der Waals surface area contributed by atoms with E-state index in [0.29, 0.717) is 12.5 Å². The molecule has 6 heteroatoms. The maximum atomic E-state index is 12.6. The maximum absolute atomic E-state index is 12.6. The zero-order valence-electron chi connectivity index (χ0n) is 18.2. The Bertz CT molecular complexity index is 755. The number of para-hydroxylation sites is 1. The predicted molar refractivity (Wildman–Crippen MR) is 116 cm³/mol. The van der Waals surface area contributed by atoms with Crippen molar-refractivity contribution in [2.24, 2.45) is 5.92 Å². The average molecular weight is 415 g/mol. The number of carbonyl (C=O) groups excluding carboxylic acids is 3. The summed E-state index contributed by atoms with van der Waals surface area (Å²) in [5, 5.41) is 2.98. The lowest BCUT2D eigenvalue weighted by Gasteiger charge is -2.23. The van der Waals surface area contributed by atoms with Crippen molar-refractivity contribution in [3.8, 4) is 0 Å². The van der Waals surface area contributed by atoms with Gasteiger partial charge in [-0.1, -0.05) is 57.7 Å². The normalized spacial score (nSPS) is 21.2. The lowest BCUT2D eigenvalue weighted by molar-refractivity contribution is -0.152. The van der Waals surface area contributed by atoms with E-state index in [4.69, 9.17) is 4.74 Å². The van der Waals surface area contributed by atoms with Crippen LogP contribution in [0.3, 0.4) is 0 Å². The second kappa shape index (κ2) is 10.6. The second-order valence-corrected chi connectivity index (χ2v) is 8.64. The first kappa shape index (κ1) is 22.3. The molecule has 1 saturated carbocycles. The first-order valence-electron chi connectivity index (χ1n) is 11.3. The Balaban J connectivity index is 1.53. The smallest absolute Gasteiger partial charge is 0.311 e. The van der Waals surface area contributed by atoms with Gasteiger partial charge in [0.05, 0.1) is 5.92 Å². The fourth-order valence-electron chi connectivity index (χ4n) is 4.42. The lowest BCUT2D eigenvalue weighted by Crippen LogP contribution is -2.38. The molecule has 2 amide bonds. The number of anilines is 1. The number of carbonyl (C=O) groups is 3. The molecular weight excluding hydrogens is 380 g/mol. The van der Waals surface area contributed by atoms with E-state index in [9.17, 15) is 14.4 Å². The molecule has 0 unspecified atom stereocenters. The van der Waals surface area contributed by atoms with E-state index in [1.54, 1.807) is 4.90 Å². The molecule has 1 aliphatic heterocycles. The molecule has 1 aliphatic carbocycles. The number of rotatable bonds is 7. The summed E-state index contributed by atoms with van der Waals surface area (Å²) in [5.41, 5.74) is 1.99. The fraction of sp³-hybridized carbons (Fsp3) is 0.625. The van der Waals surface area contributed by atoms with E-state index in [1.807, 2.05) is 24.3 Å². The number of amides is 2. The van der Waals surface area contributed by atoms with Crippen LogP contribution in [0, 0.1) is 5.92 Å². The van der Waals surface area contributed by atoms with E-state index in [1.165, 1.54) is 12.8 Å². The first-order valence-corrected chi connectivity index (χ1v) is 11.3. The third kappa shape index (κ3) is 5.61. The van der Waals surface area contributed by atoms with Gasteiger partial charge >= 0.3 is 5.97 Å². The molecule has 0 spiro atoms. The molecule has 30 heavy (non-hydrogen) atoms. The standard InChI is InChI=1S/C24H34N2O4/c1-3-17(2)20-12-8-9-13-21(20)26-15-18(14-23(26)28)24(29)30-16-22(27)25-19-10-6-4-5-7-11-19/h8-9,12-13,17-19H,3-7,10-11,14-16H2,1-2H3,(H,25,27)/t17-,18+/m0/s1. The molecule has 2 aliphatic rings. The van der Waals surface area contributed by atoms with E-state index in [-0.39, 0.29) is 30.9 Å². The van der Waals surface area contributed by atoms with Crippen LogP contribution in [0.1, 0.15) is 76.7 Å². The van der Waals surface area contributed by atoms with Crippen molar-refractivity contribution in [1.29, 1.82) is 0 Å². The maximum Gasteiger partial charge on any atom is 0.311 e. The highest BCUT2D eigenvalue weighted by Crippen LogP contribution is 2.33. The number of esters is 1. The molecule has 1 heterocycles. The minimum atomic E-state index is -0.534. The summed E-state index contributed by atoms with van der Waals surface area (Å²) in [6, 6.07) is 8.05. The number of nitrogens with one attached hydrogen (secondary N) is 1. The molecule has 2 atom stereocenters. The Morgan fingerprint density at radius 1 is 1.17 bits per heavy atom. The van der Waals surface area contributed by atoms with Gasteiger partial charge in [0, 0.05) is 24.7 Å². The molecule has 6 nitrogen and oxygen atoms in total. The van der Waals surface area contributed by atoms with Crippen molar-refractivity contribution in [2.75, 3.05) is 18.1 Å². The van der Waals surface area contributed by atoms with Crippen molar-refractivity contribution < 1.29 is 19.1 Å². The van der Waals surface area contributed by atoms with Gasteiger partial charge < -0.3 is 15.0 Å². The Kier molecular flexibility index (Phi) is 7.88. The summed E-state index contributed by atoms with van der Waals surface area (Å²) in [6.45, 7) is 4.28. The Morgan fingerprint density at radius 3 is 2.57 bits per heavy atom. The molecule has 0 bridgehead atoms. The number of ether oxygens (including phenoxy) is 1. The highest BCUT2D eigenvalue weighted by molar-refractivity contribution is 6.00. The zero-order chi connectivity index (χ0) is 21.5. The van der Waals surface area contributed by atoms with Crippen LogP contribution in [0.5, 0.6) is 0 Å². The van der Waals surface area contributed by atoms with E-state index < -0.39 is 11.9 Å². The van der Waals surface area contributed by atoms with Crippen LogP contribution in [0.2, 0.25) is 0 Å². The summed E-state index contributed by atoms with van der Waals surface area (Å²) in [4.78, 5) is 39.0. The van der Waals surface area contributed by atoms with Crippen LogP contribution in [0.4, 0.5) is 5.69 Å². The molecule has 0 radical (unpaired) electrons. The fourth-order valence-corrected chi connectivity index (χ4v) is 4.42. The quantitative estimate of drug-likeness (QED) is 0.542. The average Bonchev–Trinajstić information content (AvgIpc) is 2.96. The predicted octanol–water partition coefficient (Wildman–Crippen LogP) is 3.94. The number of benzene rings is 1. The molecule has 1 saturated heterocycles. The molecule has 0 aromatic heterocycles. The van der Waals surface area contributed by atoms with Crippen LogP contribution < -0.4 is 10.2 Å². The van der Waals surface area contributed by atoms with Gasteiger partial charge in [-0.3, -0.25) is 14.4 Å². The van der Waals surface area contributed by atoms with E-state index in [2.05, 4.69) is 19.2 Å². The Morgan fingerprint density at radius 2 is 1.87 bits per heavy atom. The third-order valence-corrected chi connectivity index (χ3v) is 6.40. The van der Waals surface area contributed by atoms with Crippen LogP contribution in [0.15, 0.2) is 24.3 Å². The van der Waals surface area contributed by atoms with E-state index >= 15 is 0 Å². The lowest BCUT2D eigenvalue weighted by atomic mass is 9.96. The monoisotopic (exact) mass is 414 g/mol. The van der Waals surface area contributed by atoms with Gasteiger partial charge in [0.15, 0.2) is 6.61 Å². The first-order chi connectivity index (χ1) is 14.5. The van der Waals surface area contributed by atoms with Crippen molar-refractivity contribution in [3.63, 3.8) is 0 Å². The molecule has 2 fully saturated rings. The van der Waals surface area contributed by atoms with E-state index in [0.717, 1.165) is 43.4 Å². The van der Waals surface area contributed by atoms with Gasteiger partial charge in [0.1, 0.15) is 0 Å². The summed E-state index contributed by atoms with van der Waals surface area (Å²) in [7, 11) is 0. The minimum absolute atomic E-state index is 0.0735. The summed E-state index contributed by atoms with van der Waals surface area (Å²) in [5.74, 6) is -1.00. The van der Waals surface area contributed by atoms with Crippen molar-refractivity contribution >= 4 is 23.5 Å². The number of hydrogen-bond acceptors (Lipinski definition) is 4. The third-order valence-electron chi connectivity index (χ3n) is 6.40. The van der Waals surface area contributed by atoms with Gasteiger partial charge in [-0.15, -0.1) is 0 Å². The highest BCUT2D eigenvalue weighted by Gasteiger charge is 2.37. The molecule has 164 valence electrons. The van der Waals surface area contributed by atoms with Crippen molar-refractivity contribution in [2.45, 2.75) is 77.2 Å². The molecule has 1 N–H and O–H groups in total. The van der Waals surface area contributed by atoms with Crippen LogP contribution in [-0.4, -0.2) is 37.0 Å². The summed E-state index contributed by atoms with van der Waals surface area (Å²) >= 11 is 0.